The molecule has 0 aliphatic carbocycles. The van der Waals surface area contributed by atoms with Gasteiger partial charge in [0.2, 0.25) is 0 Å². The van der Waals surface area contributed by atoms with Crippen molar-refractivity contribution in [1.82, 2.24) is 0 Å². The van der Waals surface area contributed by atoms with E-state index in [-0.39, 0.29) is 17.1 Å². The minimum absolute atomic E-state index is 0. The largest absolute Gasteiger partial charge is 2.00 e. The van der Waals surface area contributed by atoms with E-state index >= 15 is 0 Å². The summed E-state index contributed by atoms with van der Waals surface area (Å²) < 4.78 is 0. The molecule has 0 saturated heterocycles. The first-order chi connectivity index (χ1) is 11.1. The van der Waals surface area contributed by atoms with Crippen LogP contribution in [0.3, 0.4) is 0 Å². The van der Waals surface area contributed by atoms with Crippen molar-refractivity contribution in [2.45, 2.75) is 6.16 Å². The molecule has 0 fully saturated rings. The maximum Gasteiger partial charge on any atom is 2.00 e. The van der Waals surface area contributed by atoms with Gasteiger partial charge in [-0.1, -0.05) is 0 Å². The van der Waals surface area contributed by atoms with Crippen molar-refractivity contribution < 1.29 is 66.9 Å². The van der Waals surface area contributed by atoms with Gasteiger partial charge in [0.05, 0.1) is 10.2 Å². The third-order valence-corrected chi connectivity index (χ3v) is 0.745. The molecule has 0 aromatic rings. The van der Waals surface area contributed by atoms with Crippen LogP contribution in [0.15, 0.2) is 0 Å². The molecule has 0 amide bonds. The first kappa shape index (κ1) is 29.7. The molecule has 0 spiro atoms. The second kappa shape index (κ2) is 14.3. The van der Waals surface area contributed by atoms with Crippen LogP contribution in [-0.4, -0.2) is 36.7 Å². The van der Waals surface area contributed by atoms with Gasteiger partial charge < -0.3 is 30.6 Å². The van der Waals surface area contributed by atoms with E-state index in [0.717, 1.165) is 0 Å². The number of hydrogen-bond donors (Lipinski definition) is 0. The maximum absolute atomic E-state index is 9.83. The zero-order valence-corrected chi connectivity index (χ0v) is 12.1. The molecule has 0 bridgehead atoms. The van der Waals surface area contributed by atoms with Crippen LogP contribution in [0.2, 0.25) is 0 Å². The van der Waals surface area contributed by atoms with Crippen LogP contribution in [0.1, 0.15) is 0 Å². The summed E-state index contributed by atoms with van der Waals surface area (Å²) >= 11 is 0. The number of nitrogens with zero attached hydrogens (tertiary/aromatic N) is 6. The van der Waals surface area contributed by atoms with E-state index in [4.69, 9.17) is 30.6 Å². The van der Waals surface area contributed by atoms with Gasteiger partial charge in [0.1, 0.15) is 0 Å². The predicted molar refractivity (Wildman–Crippen MR) is 55.8 cm³/mol. The molecular formula is CMnN6O18. The van der Waals surface area contributed by atoms with Crippen LogP contribution < -0.4 is 0 Å². The molecule has 25 heteroatoms. The molecule has 24 nitrogen and oxygen atoms in total. The van der Waals surface area contributed by atoms with Gasteiger partial charge in [-0.15, -0.1) is 40.5 Å². The molecule has 0 aromatic heterocycles. The minimum Gasteiger partial charge on any atom is -0.356 e. The molecule has 1 radical (unpaired) electrons. The summed E-state index contributed by atoms with van der Waals surface area (Å²) in [6, 6.07) is 0. The van der Waals surface area contributed by atoms with Gasteiger partial charge in [0, 0.05) is 0 Å². The van der Waals surface area contributed by atoms with E-state index in [1.807, 2.05) is 0 Å². The van der Waals surface area contributed by atoms with Crippen molar-refractivity contribution in [3.63, 3.8) is 0 Å². The van der Waals surface area contributed by atoms with Gasteiger partial charge in [0.15, 0.2) is 0 Å². The Hall–Kier alpha value is -4.28. The normalized spacial score (nSPS) is 8.31. The Bertz CT molecular complexity index is 424. The summed E-state index contributed by atoms with van der Waals surface area (Å²) in [6.07, 6.45) is -4.21. The Kier molecular flexibility index (Phi) is 16.4. The Labute approximate surface area is 145 Å². The minimum atomic E-state index is -4.21. The van der Waals surface area contributed by atoms with Crippen LogP contribution in [0.4, 0.5) is 0 Å². The Balaban J connectivity index is -0.000000226. The molecule has 0 atom stereocenters. The smallest absolute Gasteiger partial charge is 0.356 e. The summed E-state index contributed by atoms with van der Waals surface area (Å²) in [6.45, 7) is 0. The molecule has 0 saturated carbocycles. The molecule has 0 heterocycles. The van der Waals surface area contributed by atoms with Crippen molar-refractivity contribution >= 4 is 0 Å². The zero-order valence-electron chi connectivity index (χ0n) is 10.9. The van der Waals surface area contributed by atoms with Crippen molar-refractivity contribution in [2.24, 2.45) is 0 Å². The van der Waals surface area contributed by atoms with Crippen molar-refractivity contribution in [2.75, 3.05) is 0 Å². The average molecular weight is 439 g/mol. The fourth-order valence-electron chi connectivity index (χ4n) is 0.465. The van der Waals surface area contributed by atoms with Gasteiger partial charge in [-0.25, -0.2) is 19.4 Å². The summed E-state index contributed by atoms with van der Waals surface area (Å²) in [7, 11) is 0. The van der Waals surface area contributed by atoms with Crippen molar-refractivity contribution in [3.8, 4) is 0 Å². The molecular weight excluding hydrogens is 439 g/mol. The molecule has 149 valence electrons. The van der Waals surface area contributed by atoms with E-state index in [2.05, 4.69) is 19.4 Å². The van der Waals surface area contributed by atoms with E-state index in [1.54, 1.807) is 0 Å². The number of rotatable bonds is 8. The molecule has 0 unspecified atom stereocenters. The first-order valence-corrected chi connectivity index (χ1v) is 4.10. The van der Waals surface area contributed by atoms with Crippen LogP contribution in [-0.2, 0) is 36.4 Å². The van der Waals surface area contributed by atoms with Crippen LogP contribution in [0.5, 0.6) is 0 Å². The fourth-order valence-corrected chi connectivity index (χ4v) is 0.465. The van der Waals surface area contributed by atoms with Crippen LogP contribution >= 0.6 is 0 Å². The van der Waals surface area contributed by atoms with E-state index in [0.29, 0.717) is 0 Å². The summed E-state index contributed by atoms with van der Waals surface area (Å²) in [5.41, 5.74) is 0. The molecule has 0 aliphatic rings. The van der Waals surface area contributed by atoms with E-state index < -0.39 is 36.7 Å². The molecule has 26 heavy (non-hydrogen) atoms. The van der Waals surface area contributed by atoms with E-state index in [9.17, 15) is 40.5 Å². The molecule has 0 N–H and O–H groups in total. The summed E-state index contributed by atoms with van der Waals surface area (Å²) in [5.74, 6) is 0. The monoisotopic (exact) mass is 439 g/mol. The standard InChI is InChI=1S/CN4O12.Mn.2NO3/c6-2(7)14-1(15-3(8)9,16-4(10)11)17-5(12)13;;2*2-1(3)4/q;+2;2*-1. The van der Waals surface area contributed by atoms with Gasteiger partial charge in [-0.2, -0.15) is 0 Å². The van der Waals surface area contributed by atoms with Crippen LogP contribution in [0, 0.1) is 71.1 Å². The third kappa shape index (κ3) is 28.0. The van der Waals surface area contributed by atoms with Gasteiger partial charge in [0.25, 0.3) is 0 Å². The average Bonchev–Trinajstić information content (AvgIpc) is 2.20. The van der Waals surface area contributed by atoms with Crippen molar-refractivity contribution in [3.05, 3.63) is 71.1 Å². The fraction of sp³-hybridized carbons (Fsp3) is 1.00. The Morgan fingerprint density at radius 2 is 0.577 bits per heavy atom. The Morgan fingerprint density at radius 1 is 0.462 bits per heavy atom. The summed E-state index contributed by atoms with van der Waals surface area (Å²) in [5, 5.41) is 61.2. The maximum atomic E-state index is 9.83. The van der Waals surface area contributed by atoms with Gasteiger partial charge in [-0.05, 0) is 0 Å². The SMILES string of the molecule is O=[N+]([O-])OC(O[N+](=O)[O-])(O[N+](=O)[O-])O[N+](=O)[O-].O=[N+]([O-])[O-].O=[N+]([O-])[O-].[Mn+2]. The summed E-state index contributed by atoms with van der Waals surface area (Å²) in [4.78, 5) is 68.2. The molecule has 0 aliphatic heterocycles. The van der Waals surface area contributed by atoms with E-state index in [1.165, 1.54) is 0 Å². The quantitative estimate of drug-likeness (QED) is 0.170. The number of hydrogen-bond acceptors (Lipinski definition) is 18. The predicted octanol–water partition coefficient (Wildman–Crippen LogP) is -2.05. The van der Waals surface area contributed by atoms with Crippen LogP contribution in [0.25, 0.3) is 0 Å². The Morgan fingerprint density at radius 3 is 0.654 bits per heavy atom. The second-order valence-electron chi connectivity index (χ2n) is 2.21. The topological polar surface area (TPSA) is 342 Å². The molecule has 0 aromatic carbocycles. The second-order valence-corrected chi connectivity index (χ2v) is 2.21. The first-order valence-electron chi connectivity index (χ1n) is 4.10. The zero-order chi connectivity index (χ0) is 20.8. The van der Waals surface area contributed by atoms with Gasteiger partial charge in [-0.3, -0.25) is 0 Å². The van der Waals surface area contributed by atoms with Gasteiger partial charge >= 0.3 is 43.6 Å². The third-order valence-electron chi connectivity index (χ3n) is 0.745. The molecule has 0 rings (SSSR count). The van der Waals surface area contributed by atoms with Crippen molar-refractivity contribution in [1.29, 1.82) is 0 Å².